The van der Waals surface area contributed by atoms with Crippen LogP contribution in [0.4, 0.5) is 0 Å². The van der Waals surface area contributed by atoms with Gasteiger partial charge in [0.05, 0.1) is 29.3 Å². The van der Waals surface area contributed by atoms with Gasteiger partial charge >= 0.3 is 0 Å². The lowest BCUT2D eigenvalue weighted by Crippen LogP contribution is -2.30. The molecular formula is C32H28N4OS. The molecule has 0 aliphatic rings. The number of pyridine rings is 1. The summed E-state index contributed by atoms with van der Waals surface area (Å²) in [5.74, 6) is 0.191. The lowest BCUT2D eigenvalue weighted by atomic mass is 9.93. The van der Waals surface area contributed by atoms with Gasteiger partial charge in [0.2, 0.25) is 0 Å². The molecule has 0 atom stereocenters. The van der Waals surface area contributed by atoms with Gasteiger partial charge in [-0.2, -0.15) is 5.26 Å². The number of aromatic nitrogens is 2. The van der Waals surface area contributed by atoms with E-state index in [1.54, 1.807) is 17.9 Å². The predicted octanol–water partition coefficient (Wildman–Crippen LogP) is 7.50. The van der Waals surface area contributed by atoms with Gasteiger partial charge in [0.25, 0.3) is 5.91 Å². The molecule has 0 unspecified atom stereocenters. The lowest BCUT2D eigenvalue weighted by Gasteiger charge is -2.23. The Morgan fingerprint density at radius 1 is 1.00 bits per heavy atom. The van der Waals surface area contributed by atoms with E-state index in [-0.39, 0.29) is 11.8 Å². The number of amides is 1. The van der Waals surface area contributed by atoms with Crippen LogP contribution in [0.3, 0.4) is 0 Å². The number of fused-ring (bicyclic) bond motifs is 1. The Labute approximate surface area is 227 Å². The topological polar surface area (TPSA) is 69.9 Å². The average molecular weight is 517 g/mol. The van der Waals surface area contributed by atoms with Crippen LogP contribution in [0.15, 0.2) is 84.6 Å². The summed E-state index contributed by atoms with van der Waals surface area (Å²) < 4.78 is 0. The zero-order chi connectivity index (χ0) is 26.6. The van der Waals surface area contributed by atoms with E-state index < -0.39 is 0 Å². The number of rotatable bonds is 7. The number of carbonyl (C=O) groups is 1. The number of hydrogen-bond acceptors (Lipinski definition) is 5. The SMILES string of the molecule is Cc1ncc(C(=O)N(Cc2ccc(C#N)c(-c3cccc4ccccc34)c2)Cc2cncs2)cc1C(C)C. The van der Waals surface area contributed by atoms with E-state index in [1.165, 1.54) is 11.3 Å². The molecule has 6 heteroatoms. The van der Waals surface area contributed by atoms with Crippen LogP contribution in [0.25, 0.3) is 21.9 Å². The van der Waals surface area contributed by atoms with E-state index in [1.807, 2.05) is 60.4 Å². The van der Waals surface area contributed by atoms with Crippen LogP contribution in [0.1, 0.15) is 57.4 Å². The second-order valence-electron chi connectivity index (χ2n) is 9.70. The van der Waals surface area contributed by atoms with Crippen molar-refractivity contribution >= 4 is 28.0 Å². The maximum absolute atomic E-state index is 13.8. The third kappa shape index (κ3) is 5.20. The van der Waals surface area contributed by atoms with E-state index >= 15 is 0 Å². The van der Waals surface area contributed by atoms with Crippen LogP contribution in [0, 0.1) is 18.3 Å². The molecule has 5 rings (SSSR count). The number of nitrogens with zero attached hydrogens (tertiary/aromatic N) is 4. The highest BCUT2D eigenvalue weighted by molar-refractivity contribution is 7.09. The van der Waals surface area contributed by atoms with Crippen molar-refractivity contribution in [3.05, 3.63) is 117 Å². The fourth-order valence-electron chi connectivity index (χ4n) is 4.83. The monoisotopic (exact) mass is 516 g/mol. The second kappa shape index (κ2) is 11.0. The molecule has 5 nitrogen and oxygen atoms in total. The Kier molecular flexibility index (Phi) is 7.30. The Balaban J connectivity index is 1.54. The van der Waals surface area contributed by atoms with Gasteiger partial charge in [0, 0.05) is 35.1 Å². The molecule has 0 bridgehead atoms. The number of nitriles is 1. The number of hydrogen-bond donors (Lipinski definition) is 0. The van der Waals surface area contributed by atoms with E-state index in [0.29, 0.717) is 24.2 Å². The van der Waals surface area contributed by atoms with E-state index in [4.69, 9.17) is 0 Å². The van der Waals surface area contributed by atoms with Crippen LogP contribution in [0.2, 0.25) is 0 Å². The van der Waals surface area contributed by atoms with Gasteiger partial charge in [-0.25, -0.2) is 0 Å². The third-order valence-electron chi connectivity index (χ3n) is 6.77. The summed E-state index contributed by atoms with van der Waals surface area (Å²) in [5.41, 5.74) is 7.80. The molecule has 1 amide bonds. The zero-order valence-corrected chi connectivity index (χ0v) is 22.5. The molecular weight excluding hydrogens is 488 g/mol. The molecule has 0 saturated heterocycles. The van der Waals surface area contributed by atoms with Crippen molar-refractivity contribution in [2.24, 2.45) is 0 Å². The molecule has 5 aromatic rings. The minimum Gasteiger partial charge on any atom is -0.329 e. The van der Waals surface area contributed by atoms with Crippen LogP contribution < -0.4 is 0 Å². The molecule has 0 saturated carbocycles. The predicted molar refractivity (Wildman–Crippen MR) is 153 cm³/mol. The first-order valence-corrected chi connectivity index (χ1v) is 13.5. The van der Waals surface area contributed by atoms with E-state index in [2.05, 4.69) is 48.1 Å². The second-order valence-corrected chi connectivity index (χ2v) is 10.7. The minimum atomic E-state index is -0.0797. The highest BCUT2D eigenvalue weighted by Gasteiger charge is 2.20. The Hall–Kier alpha value is -4.34. The number of aryl methyl sites for hydroxylation is 1. The third-order valence-corrected chi connectivity index (χ3v) is 7.53. The lowest BCUT2D eigenvalue weighted by molar-refractivity contribution is 0.0731. The molecule has 0 N–H and O–H groups in total. The first kappa shape index (κ1) is 25.3. The first-order valence-electron chi connectivity index (χ1n) is 12.6. The van der Waals surface area contributed by atoms with Crippen molar-refractivity contribution in [3.63, 3.8) is 0 Å². The molecule has 0 radical (unpaired) electrons. The summed E-state index contributed by atoms with van der Waals surface area (Å²) in [6, 6.07) is 24.5. The van der Waals surface area contributed by atoms with E-state index in [9.17, 15) is 10.1 Å². The summed E-state index contributed by atoms with van der Waals surface area (Å²) >= 11 is 1.53. The molecule has 0 aliphatic carbocycles. The smallest absolute Gasteiger partial charge is 0.256 e. The van der Waals surface area contributed by atoms with Gasteiger partial charge in [-0.1, -0.05) is 62.4 Å². The van der Waals surface area contributed by atoms with Crippen molar-refractivity contribution in [3.8, 4) is 17.2 Å². The molecule has 2 aromatic heterocycles. The number of thiazole rings is 1. The molecule has 0 fully saturated rings. The van der Waals surface area contributed by atoms with Crippen molar-refractivity contribution in [2.75, 3.05) is 0 Å². The highest BCUT2D eigenvalue weighted by atomic mass is 32.1. The maximum atomic E-state index is 13.8. The van der Waals surface area contributed by atoms with Crippen LogP contribution in [-0.2, 0) is 13.1 Å². The summed E-state index contributed by atoms with van der Waals surface area (Å²) in [6.07, 6.45) is 3.47. The molecule has 3 aromatic carbocycles. The maximum Gasteiger partial charge on any atom is 0.256 e. The summed E-state index contributed by atoms with van der Waals surface area (Å²) in [5, 5.41) is 12.1. The molecule has 0 aliphatic heterocycles. The fourth-order valence-corrected chi connectivity index (χ4v) is 5.44. The number of carbonyl (C=O) groups excluding carboxylic acids is 1. The van der Waals surface area contributed by atoms with Gasteiger partial charge in [-0.3, -0.25) is 14.8 Å². The highest BCUT2D eigenvalue weighted by Crippen LogP contribution is 2.32. The van der Waals surface area contributed by atoms with Crippen LogP contribution >= 0.6 is 11.3 Å². The zero-order valence-electron chi connectivity index (χ0n) is 21.7. The van der Waals surface area contributed by atoms with Gasteiger partial charge in [0.15, 0.2) is 0 Å². The fraction of sp³-hybridized carbons (Fsp3) is 0.188. The summed E-state index contributed by atoms with van der Waals surface area (Å²) in [6.45, 7) is 7.03. The standard InChI is InChI=1S/C32H28N4OS/c1-21(2)30-14-26(16-35-22(30)3)32(37)36(19-27-17-34-20-38-27)18-23-11-12-25(15-33)31(13-23)29-10-6-8-24-7-4-5-9-28(24)29/h4-14,16-17,20-21H,18-19H2,1-3H3. The summed E-state index contributed by atoms with van der Waals surface area (Å²) in [4.78, 5) is 25.4. The Bertz CT molecular complexity index is 1650. The van der Waals surface area contributed by atoms with Gasteiger partial charge in [0.1, 0.15) is 0 Å². The Morgan fingerprint density at radius 2 is 1.82 bits per heavy atom. The van der Waals surface area contributed by atoms with Gasteiger partial charge < -0.3 is 4.90 Å². The molecule has 0 spiro atoms. The number of benzene rings is 3. The average Bonchev–Trinajstić information content (AvgIpc) is 3.45. The van der Waals surface area contributed by atoms with Crippen LogP contribution in [-0.4, -0.2) is 20.8 Å². The van der Waals surface area contributed by atoms with E-state index in [0.717, 1.165) is 43.6 Å². The summed E-state index contributed by atoms with van der Waals surface area (Å²) in [7, 11) is 0. The quantitative estimate of drug-likeness (QED) is 0.224. The molecule has 38 heavy (non-hydrogen) atoms. The van der Waals surface area contributed by atoms with Crippen LogP contribution in [0.5, 0.6) is 0 Å². The van der Waals surface area contributed by atoms with Crippen molar-refractivity contribution in [1.29, 1.82) is 5.26 Å². The van der Waals surface area contributed by atoms with Gasteiger partial charge in [-0.15, -0.1) is 11.3 Å². The van der Waals surface area contributed by atoms with Crippen molar-refractivity contribution in [1.82, 2.24) is 14.9 Å². The Morgan fingerprint density at radius 3 is 2.58 bits per heavy atom. The molecule has 2 heterocycles. The minimum absolute atomic E-state index is 0.0797. The first-order chi connectivity index (χ1) is 18.4. The molecule has 188 valence electrons. The van der Waals surface area contributed by atoms with Crippen molar-refractivity contribution < 1.29 is 4.79 Å². The normalized spacial score (nSPS) is 11.0. The van der Waals surface area contributed by atoms with Crippen molar-refractivity contribution in [2.45, 2.75) is 39.8 Å². The van der Waals surface area contributed by atoms with Gasteiger partial charge in [-0.05, 0) is 58.5 Å². The largest absolute Gasteiger partial charge is 0.329 e.